The number of carbonyl (C=O) groups is 2. The second-order valence-electron chi connectivity index (χ2n) is 7.18. The number of fused-ring (bicyclic) bond motifs is 2. The first kappa shape index (κ1) is 17.2. The van der Waals surface area contributed by atoms with Gasteiger partial charge in [-0.3, -0.25) is 9.59 Å². The highest BCUT2D eigenvalue weighted by Gasteiger charge is 2.46. The van der Waals surface area contributed by atoms with Gasteiger partial charge in [0.15, 0.2) is 11.2 Å². The van der Waals surface area contributed by atoms with E-state index in [9.17, 15) is 20.1 Å². The molecule has 0 spiro atoms. The fraction of sp³-hybridized carbons (Fsp3) is 0.500. The average Bonchev–Trinajstić information content (AvgIpc) is 2.78. The Morgan fingerprint density at radius 3 is 2.76 bits per heavy atom. The number of nitrogens with zero attached hydrogens (tertiary/aromatic N) is 2. The third kappa shape index (κ3) is 2.91. The fourth-order valence-electron chi connectivity index (χ4n) is 4.10. The molecule has 0 aromatic rings. The van der Waals surface area contributed by atoms with E-state index in [1.54, 1.807) is 0 Å². The molecule has 2 atom stereocenters. The zero-order chi connectivity index (χ0) is 18.2. The third-order valence-electron chi connectivity index (χ3n) is 5.37. The number of hydrogen-bond acceptors (Lipinski definition) is 5. The minimum Gasteiger partial charge on any atom is -0.461 e. The molecule has 25 heavy (non-hydrogen) atoms. The van der Waals surface area contributed by atoms with Crippen LogP contribution in [0.4, 0.5) is 0 Å². The Morgan fingerprint density at radius 1 is 1.40 bits per heavy atom. The van der Waals surface area contributed by atoms with Crippen LogP contribution in [0.5, 0.6) is 0 Å². The zero-order valence-corrected chi connectivity index (χ0v) is 14.5. The Kier molecular flexibility index (Phi) is 4.35. The monoisotopic (exact) mass is 336 g/mol. The van der Waals surface area contributed by atoms with Gasteiger partial charge in [-0.25, -0.2) is 0 Å². The van der Waals surface area contributed by atoms with Gasteiger partial charge in [-0.15, -0.1) is 0 Å². The van der Waals surface area contributed by atoms with Crippen molar-refractivity contribution in [2.24, 2.45) is 17.3 Å². The second-order valence-corrected chi connectivity index (χ2v) is 7.18. The molecule has 0 aliphatic heterocycles. The Labute approximate surface area is 147 Å². The molecule has 3 rings (SSSR count). The molecular weight excluding hydrogens is 316 g/mol. The van der Waals surface area contributed by atoms with E-state index in [2.05, 4.69) is 25.1 Å². The highest BCUT2D eigenvalue weighted by Crippen LogP contribution is 2.50. The molecule has 0 aromatic heterocycles. The van der Waals surface area contributed by atoms with Crippen LogP contribution in [0.25, 0.3) is 0 Å². The lowest BCUT2D eigenvalue weighted by atomic mass is 9.69. The summed E-state index contributed by atoms with van der Waals surface area (Å²) in [4.78, 5) is 23.5. The van der Waals surface area contributed by atoms with Crippen molar-refractivity contribution in [1.29, 1.82) is 10.5 Å². The van der Waals surface area contributed by atoms with Crippen LogP contribution in [0.3, 0.4) is 0 Å². The summed E-state index contributed by atoms with van der Waals surface area (Å²) < 4.78 is 5.03. The van der Waals surface area contributed by atoms with Crippen molar-refractivity contribution in [3.8, 4) is 12.1 Å². The summed E-state index contributed by atoms with van der Waals surface area (Å²) in [5.41, 5.74) is 1.65. The maximum Gasteiger partial charge on any atom is 0.302 e. The van der Waals surface area contributed by atoms with Crippen LogP contribution in [0.15, 0.2) is 34.4 Å². The van der Waals surface area contributed by atoms with Crippen molar-refractivity contribution in [2.45, 2.75) is 39.5 Å². The maximum atomic E-state index is 12.4. The van der Waals surface area contributed by atoms with Gasteiger partial charge in [-0.05, 0) is 35.5 Å². The molecular formula is C20H20N2O3. The van der Waals surface area contributed by atoms with Gasteiger partial charge in [0, 0.05) is 31.3 Å². The largest absolute Gasteiger partial charge is 0.461 e. The first-order chi connectivity index (χ1) is 11.9. The summed E-state index contributed by atoms with van der Waals surface area (Å²) in [5, 5.41) is 19.7. The lowest BCUT2D eigenvalue weighted by molar-refractivity contribution is -0.140. The van der Waals surface area contributed by atoms with Crippen LogP contribution >= 0.6 is 0 Å². The van der Waals surface area contributed by atoms with Crippen LogP contribution in [-0.2, 0) is 14.3 Å². The van der Waals surface area contributed by atoms with Crippen molar-refractivity contribution in [2.75, 3.05) is 6.61 Å². The molecule has 0 heterocycles. The van der Waals surface area contributed by atoms with Crippen LogP contribution in [0.2, 0.25) is 0 Å². The van der Waals surface area contributed by atoms with Gasteiger partial charge in [0.1, 0.15) is 6.61 Å². The number of carbonyl (C=O) groups excluding carboxylic acids is 2. The summed E-state index contributed by atoms with van der Waals surface area (Å²) in [6, 6.07) is 4.44. The van der Waals surface area contributed by atoms with E-state index in [1.165, 1.54) is 6.92 Å². The smallest absolute Gasteiger partial charge is 0.302 e. The minimum absolute atomic E-state index is 0.0106. The van der Waals surface area contributed by atoms with Crippen LogP contribution < -0.4 is 0 Å². The molecule has 0 saturated heterocycles. The van der Waals surface area contributed by atoms with Gasteiger partial charge >= 0.3 is 5.97 Å². The number of esters is 1. The van der Waals surface area contributed by atoms with E-state index in [-0.39, 0.29) is 31.1 Å². The summed E-state index contributed by atoms with van der Waals surface area (Å²) in [5.74, 6) is -0.0483. The van der Waals surface area contributed by atoms with Crippen LogP contribution in [0, 0.1) is 39.9 Å². The lowest BCUT2D eigenvalue weighted by Crippen LogP contribution is -2.27. The fourth-order valence-corrected chi connectivity index (χ4v) is 4.10. The lowest BCUT2D eigenvalue weighted by Gasteiger charge is -2.31. The standard InChI is InChI=1S/C20H20N2O3/c1-12-3-4-18-15(5-12)6-14-7-19(24)17(9-25-13(2)23)16(14)8-20(18,10-21)11-22/h4,6,12,15H,3,5,7-9H2,1-2H3. The van der Waals surface area contributed by atoms with Gasteiger partial charge in [0.05, 0.1) is 12.1 Å². The molecule has 5 heteroatoms. The van der Waals surface area contributed by atoms with Crippen LogP contribution in [0.1, 0.15) is 39.5 Å². The third-order valence-corrected chi connectivity index (χ3v) is 5.37. The van der Waals surface area contributed by atoms with Crippen molar-refractivity contribution < 1.29 is 14.3 Å². The number of ether oxygens (including phenoxy) is 1. The van der Waals surface area contributed by atoms with E-state index >= 15 is 0 Å². The first-order valence-electron chi connectivity index (χ1n) is 8.53. The summed E-state index contributed by atoms with van der Waals surface area (Å²) in [7, 11) is 0. The van der Waals surface area contributed by atoms with Gasteiger partial charge in [0.2, 0.25) is 0 Å². The topological polar surface area (TPSA) is 90.9 Å². The van der Waals surface area contributed by atoms with E-state index in [0.717, 1.165) is 29.6 Å². The molecule has 0 saturated carbocycles. The number of allylic oxidation sites excluding steroid dienone is 5. The molecule has 0 amide bonds. The maximum absolute atomic E-state index is 12.4. The zero-order valence-electron chi connectivity index (χ0n) is 14.5. The molecule has 3 aliphatic carbocycles. The molecule has 0 fully saturated rings. The van der Waals surface area contributed by atoms with Crippen molar-refractivity contribution in [3.63, 3.8) is 0 Å². The van der Waals surface area contributed by atoms with Gasteiger partial charge in [-0.2, -0.15) is 10.5 Å². The summed E-state index contributed by atoms with van der Waals surface area (Å²) in [6.07, 6.45) is 6.28. The van der Waals surface area contributed by atoms with Crippen molar-refractivity contribution in [3.05, 3.63) is 34.4 Å². The molecule has 5 nitrogen and oxygen atoms in total. The summed E-state index contributed by atoms with van der Waals surface area (Å²) in [6.45, 7) is 3.36. The van der Waals surface area contributed by atoms with Gasteiger partial charge < -0.3 is 4.74 Å². The molecule has 0 bridgehead atoms. The van der Waals surface area contributed by atoms with E-state index in [1.807, 2.05) is 6.08 Å². The highest BCUT2D eigenvalue weighted by molar-refractivity contribution is 6.03. The van der Waals surface area contributed by atoms with Gasteiger partial charge in [0.25, 0.3) is 0 Å². The number of rotatable bonds is 2. The Bertz CT molecular complexity index is 803. The molecule has 0 radical (unpaired) electrons. The molecule has 2 unspecified atom stereocenters. The quantitative estimate of drug-likeness (QED) is 0.570. The Hall–Kier alpha value is -2.66. The van der Waals surface area contributed by atoms with Crippen molar-refractivity contribution in [1.82, 2.24) is 0 Å². The van der Waals surface area contributed by atoms with Gasteiger partial charge in [-0.1, -0.05) is 19.1 Å². The molecule has 3 aliphatic rings. The second kappa shape index (κ2) is 6.33. The number of hydrogen-bond donors (Lipinski definition) is 0. The number of Topliss-reactive ketones (excluding diaryl/α,β-unsaturated/α-hetero) is 1. The SMILES string of the molecule is CC(=O)OCC1=C2CC(C#N)(C#N)C3=CCC(C)CC3C=C2CC1=O. The summed E-state index contributed by atoms with van der Waals surface area (Å²) >= 11 is 0. The minimum atomic E-state index is -1.26. The van der Waals surface area contributed by atoms with E-state index in [4.69, 9.17) is 4.74 Å². The predicted molar refractivity (Wildman–Crippen MR) is 89.6 cm³/mol. The van der Waals surface area contributed by atoms with Crippen LogP contribution in [-0.4, -0.2) is 18.4 Å². The highest BCUT2D eigenvalue weighted by atomic mass is 16.5. The van der Waals surface area contributed by atoms with E-state index < -0.39 is 11.4 Å². The average molecular weight is 336 g/mol. The normalized spacial score (nSPS) is 27.1. The Balaban J connectivity index is 2.12. The number of nitriles is 2. The van der Waals surface area contributed by atoms with E-state index in [0.29, 0.717) is 11.5 Å². The molecule has 0 N–H and O–H groups in total. The Morgan fingerprint density at radius 2 is 2.12 bits per heavy atom. The predicted octanol–water partition coefficient (Wildman–Crippen LogP) is 3.16. The number of ketones is 1. The molecule has 0 aromatic carbocycles. The molecule has 128 valence electrons. The first-order valence-corrected chi connectivity index (χ1v) is 8.53. The van der Waals surface area contributed by atoms with Crippen molar-refractivity contribution >= 4 is 11.8 Å².